The summed E-state index contributed by atoms with van der Waals surface area (Å²) in [7, 11) is 3.14. The van der Waals surface area contributed by atoms with Crippen LogP contribution >= 0.6 is 0 Å². The van der Waals surface area contributed by atoms with E-state index < -0.39 is 5.97 Å². The molecule has 0 bridgehead atoms. The number of ether oxygens (including phenoxy) is 2. The average molecular weight is 413 g/mol. The van der Waals surface area contributed by atoms with Crippen molar-refractivity contribution in [3.05, 3.63) is 53.3 Å². The number of methoxy groups -OCH3 is 1. The number of nitrogens with zero attached hydrogens (tertiary/aromatic N) is 2. The number of nitrogens with one attached hydrogen (secondary N) is 2. The van der Waals surface area contributed by atoms with E-state index in [1.54, 1.807) is 17.0 Å². The van der Waals surface area contributed by atoms with Gasteiger partial charge in [0.1, 0.15) is 11.4 Å². The highest BCUT2D eigenvalue weighted by Gasteiger charge is 2.21. The highest BCUT2D eigenvalue weighted by Crippen LogP contribution is 2.23. The van der Waals surface area contributed by atoms with E-state index in [9.17, 15) is 4.79 Å². The number of aromatic nitrogens is 1. The van der Waals surface area contributed by atoms with Gasteiger partial charge in [-0.25, -0.2) is 9.78 Å². The molecule has 1 fully saturated rings. The van der Waals surface area contributed by atoms with Crippen LogP contribution in [0.3, 0.4) is 0 Å². The van der Waals surface area contributed by atoms with E-state index in [2.05, 4.69) is 10.3 Å². The molecule has 0 aliphatic carbocycles. The Balaban J connectivity index is 0.00000155. The first-order valence-electron chi connectivity index (χ1n) is 10.3. The van der Waals surface area contributed by atoms with Gasteiger partial charge in [-0.1, -0.05) is 31.5 Å². The molecule has 162 valence electrons. The van der Waals surface area contributed by atoms with Crippen LogP contribution in [-0.2, 0) is 9.47 Å². The predicted octanol–water partition coefficient (Wildman–Crippen LogP) is 4.26. The zero-order valence-corrected chi connectivity index (χ0v) is 18.5. The minimum atomic E-state index is -0.523. The third kappa shape index (κ3) is 5.79. The van der Waals surface area contributed by atoms with Gasteiger partial charge in [0.05, 0.1) is 12.8 Å². The summed E-state index contributed by atoms with van der Waals surface area (Å²) in [5.74, 6) is -0.325. The zero-order chi connectivity index (χ0) is 22.1. The molecule has 0 atom stereocenters. The number of carbonyl (C=O) groups excluding carboxylic acids is 1. The van der Waals surface area contributed by atoms with Crippen LogP contribution in [0, 0.1) is 12.3 Å². The van der Waals surface area contributed by atoms with Crippen LogP contribution in [0.5, 0.6) is 0 Å². The number of pyridine rings is 1. The molecule has 1 aliphatic rings. The lowest BCUT2D eigenvalue weighted by Gasteiger charge is -2.27. The second kappa shape index (κ2) is 11.3. The van der Waals surface area contributed by atoms with Crippen LogP contribution in [0.25, 0.3) is 0 Å². The molecule has 1 aromatic heterocycles. The first-order chi connectivity index (χ1) is 14.5. The van der Waals surface area contributed by atoms with Gasteiger partial charge in [-0.3, -0.25) is 5.41 Å². The second-order valence-corrected chi connectivity index (χ2v) is 6.86. The fraction of sp³-hybridized carbons (Fsp3) is 0.435. The summed E-state index contributed by atoms with van der Waals surface area (Å²) in [5, 5.41) is 12.2. The van der Waals surface area contributed by atoms with Gasteiger partial charge in [0.2, 0.25) is 0 Å². The summed E-state index contributed by atoms with van der Waals surface area (Å²) in [6.45, 7) is 7.44. The molecule has 7 heteroatoms. The summed E-state index contributed by atoms with van der Waals surface area (Å²) in [6.07, 6.45) is 1.78. The first kappa shape index (κ1) is 23.3. The monoisotopic (exact) mass is 412 g/mol. The molecule has 1 aromatic carbocycles. The van der Waals surface area contributed by atoms with Crippen LogP contribution in [0.2, 0.25) is 0 Å². The lowest BCUT2D eigenvalue weighted by Crippen LogP contribution is -2.32. The van der Waals surface area contributed by atoms with Crippen LogP contribution in [-0.4, -0.2) is 50.2 Å². The average Bonchev–Trinajstić information content (AvgIpc) is 2.80. The van der Waals surface area contributed by atoms with Crippen LogP contribution < -0.4 is 10.2 Å². The van der Waals surface area contributed by atoms with Crippen molar-refractivity contribution in [1.82, 2.24) is 4.98 Å². The molecule has 30 heavy (non-hydrogen) atoms. The molecule has 2 N–H and O–H groups in total. The van der Waals surface area contributed by atoms with Crippen molar-refractivity contribution in [3.8, 4) is 0 Å². The molecule has 7 nitrogen and oxygen atoms in total. The number of aryl methyl sites for hydroxylation is 1. The maximum atomic E-state index is 12.0. The summed E-state index contributed by atoms with van der Waals surface area (Å²) < 4.78 is 10.2. The van der Waals surface area contributed by atoms with Crippen molar-refractivity contribution in [3.63, 3.8) is 0 Å². The number of esters is 1. The van der Waals surface area contributed by atoms with E-state index in [1.807, 2.05) is 52.1 Å². The van der Waals surface area contributed by atoms with Gasteiger partial charge >= 0.3 is 5.97 Å². The highest BCUT2D eigenvalue weighted by atomic mass is 16.5. The SMILES string of the molecule is CC.COC(=O)c1ccc(NC2CCOCC2)c(C(=N)N(C)c2ccc(C)cc2)n1. The maximum Gasteiger partial charge on any atom is 0.356 e. The van der Waals surface area contributed by atoms with Crippen molar-refractivity contribution < 1.29 is 14.3 Å². The van der Waals surface area contributed by atoms with Crippen LogP contribution in [0.4, 0.5) is 11.4 Å². The van der Waals surface area contributed by atoms with Crippen molar-refractivity contribution in [1.29, 1.82) is 5.41 Å². The standard InChI is InChI=1S/C21H26N4O3.C2H6/c1-14-4-6-16(7-5-14)25(2)20(22)19-17(23-15-10-12-28-13-11-15)8-9-18(24-19)21(26)27-3;1-2/h4-9,15,22-23H,10-13H2,1-3H3;1-2H3. The van der Waals surface area contributed by atoms with Crippen molar-refractivity contribution in [2.24, 2.45) is 0 Å². The maximum absolute atomic E-state index is 12.0. The summed E-state index contributed by atoms with van der Waals surface area (Å²) in [5.41, 5.74) is 3.34. The Labute approximate surface area is 178 Å². The zero-order valence-electron chi connectivity index (χ0n) is 18.5. The Kier molecular flexibility index (Phi) is 8.80. The molecule has 0 spiro atoms. The number of benzene rings is 1. The summed E-state index contributed by atoms with van der Waals surface area (Å²) in [6, 6.07) is 11.6. The number of amidine groups is 1. The van der Waals surface area contributed by atoms with Gasteiger partial charge < -0.3 is 19.7 Å². The largest absolute Gasteiger partial charge is 0.464 e. The molecule has 2 aromatic rings. The topological polar surface area (TPSA) is 87.5 Å². The highest BCUT2D eigenvalue weighted by molar-refractivity contribution is 6.10. The lowest BCUT2D eigenvalue weighted by atomic mass is 10.1. The van der Waals surface area contributed by atoms with E-state index in [1.165, 1.54) is 7.11 Å². The van der Waals surface area contributed by atoms with Crippen LogP contribution in [0.1, 0.15) is 48.4 Å². The van der Waals surface area contributed by atoms with Gasteiger partial charge in [-0.05, 0) is 44.0 Å². The quantitative estimate of drug-likeness (QED) is 0.434. The van der Waals surface area contributed by atoms with Crippen molar-refractivity contribution in [2.45, 2.75) is 39.7 Å². The molecule has 1 aliphatic heterocycles. The van der Waals surface area contributed by atoms with E-state index in [-0.39, 0.29) is 17.6 Å². The molecule has 0 unspecified atom stereocenters. The second-order valence-electron chi connectivity index (χ2n) is 6.86. The van der Waals surface area contributed by atoms with Gasteiger partial charge in [-0.2, -0.15) is 0 Å². The van der Waals surface area contributed by atoms with Gasteiger partial charge in [-0.15, -0.1) is 0 Å². The third-order valence-corrected chi connectivity index (χ3v) is 4.85. The van der Waals surface area contributed by atoms with E-state index in [0.717, 1.165) is 29.8 Å². The third-order valence-electron chi connectivity index (χ3n) is 4.85. The van der Waals surface area contributed by atoms with E-state index in [0.29, 0.717) is 18.9 Å². The molecule has 0 radical (unpaired) electrons. The molecule has 2 heterocycles. The van der Waals surface area contributed by atoms with Crippen molar-refractivity contribution in [2.75, 3.05) is 37.6 Å². The van der Waals surface area contributed by atoms with Gasteiger partial charge in [0.15, 0.2) is 5.84 Å². The number of anilines is 2. The summed E-state index contributed by atoms with van der Waals surface area (Å²) in [4.78, 5) is 18.1. The number of hydrogen-bond acceptors (Lipinski definition) is 6. The Morgan fingerprint density at radius 1 is 1.17 bits per heavy atom. The molecule has 3 rings (SSSR count). The van der Waals surface area contributed by atoms with Crippen molar-refractivity contribution >= 4 is 23.2 Å². The minimum absolute atomic E-state index is 0.178. The molecular weight excluding hydrogens is 380 g/mol. The fourth-order valence-electron chi connectivity index (χ4n) is 3.09. The lowest BCUT2D eigenvalue weighted by molar-refractivity contribution is 0.0594. The predicted molar refractivity (Wildman–Crippen MR) is 121 cm³/mol. The van der Waals surface area contributed by atoms with Crippen LogP contribution in [0.15, 0.2) is 36.4 Å². The normalized spacial score (nSPS) is 13.6. The summed E-state index contributed by atoms with van der Waals surface area (Å²) >= 11 is 0. The molecular formula is C23H32N4O3. The number of carbonyl (C=O) groups is 1. The fourth-order valence-corrected chi connectivity index (χ4v) is 3.09. The van der Waals surface area contributed by atoms with Gasteiger partial charge in [0.25, 0.3) is 0 Å². The molecule has 1 saturated heterocycles. The smallest absolute Gasteiger partial charge is 0.356 e. The molecule has 0 amide bonds. The number of rotatable bonds is 5. The Morgan fingerprint density at radius 2 is 1.80 bits per heavy atom. The number of hydrogen-bond donors (Lipinski definition) is 2. The first-order valence-corrected chi connectivity index (χ1v) is 10.3. The Bertz CT molecular complexity index is 846. The Morgan fingerprint density at radius 3 is 2.40 bits per heavy atom. The van der Waals surface area contributed by atoms with Gasteiger partial charge in [0, 0.05) is 32.0 Å². The molecule has 0 saturated carbocycles. The Hall–Kier alpha value is -2.93. The van der Waals surface area contributed by atoms with E-state index >= 15 is 0 Å². The van der Waals surface area contributed by atoms with E-state index in [4.69, 9.17) is 14.9 Å². The minimum Gasteiger partial charge on any atom is -0.464 e.